The van der Waals surface area contributed by atoms with E-state index in [0.29, 0.717) is 0 Å². The highest BCUT2D eigenvalue weighted by molar-refractivity contribution is 5.88. The van der Waals surface area contributed by atoms with Gasteiger partial charge in [0.25, 0.3) is 0 Å². The molecule has 0 N–H and O–H groups in total. The molecular weight excluding hydrogens is 284 g/mol. The van der Waals surface area contributed by atoms with Crippen molar-refractivity contribution < 1.29 is 0 Å². The minimum Gasteiger partial charge on any atom is -0.319 e. The zero-order valence-electron chi connectivity index (χ0n) is 12.8. The van der Waals surface area contributed by atoms with Gasteiger partial charge >= 0.3 is 0 Å². The van der Waals surface area contributed by atoms with E-state index in [2.05, 4.69) is 45.0 Å². The summed E-state index contributed by atoms with van der Waals surface area (Å²) < 4.78 is 0. The number of rotatable bonds is 2. The molecule has 0 saturated heterocycles. The number of fused-ring (bicyclic) bond motifs is 1. The number of pyridine rings is 2. The van der Waals surface area contributed by atoms with Gasteiger partial charge < -0.3 is 4.90 Å². The van der Waals surface area contributed by atoms with Gasteiger partial charge in [0.2, 0.25) is 0 Å². The van der Waals surface area contributed by atoms with Crippen LogP contribution in [-0.2, 0) is 0 Å². The van der Waals surface area contributed by atoms with E-state index in [4.69, 9.17) is 0 Å². The van der Waals surface area contributed by atoms with Crippen molar-refractivity contribution in [3.63, 3.8) is 0 Å². The fourth-order valence-electron chi connectivity index (χ4n) is 2.83. The molecule has 0 unspecified atom stereocenters. The Balaban J connectivity index is 1.84. The molecule has 0 fully saturated rings. The Kier molecular flexibility index (Phi) is 3.35. The Labute approximate surface area is 135 Å². The monoisotopic (exact) mass is 300 g/mol. The van der Waals surface area contributed by atoms with Gasteiger partial charge in [-0.2, -0.15) is 0 Å². The topological polar surface area (TPSA) is 41.4 Å². The number of hydrogen-bond acceptors (Lipinski definition) is 4. The number of hydrogen-bond donors (Lipinski definition) is 0. The molecule has 4 heteroatoms. The summed E-state index contributed by atoms with van der Waals surface area (Å²) in [5, 5.41) is 0. The molecule has 0 saturated carbocycles. The van der Waals surface area contributed by atoms with Gasteiger partial charge in [0.05, 0.1) is 17.9 Å². The normalized spacial score (nSPS) is 13.0. The third-order valence-corrected chi connectivity index (χ3v) is 4.04. The van der Waals surface area contributed by atoms with Crippen LogP contribution in [0.5, 0.6) is 0 Å². The maximum absolute atomic E-state index is 4.52. The molecule has 23 heavy (non-hydrogen) atoms. The Morgan fingerprint density at radius 1 is 1.04 bits per heavy atom. The molecule has 2 aromatic heterocycles. The summed E-state index contributed by atoms with van der Waals surface area (Å²) in [6.07, 6.45) is 7.47. The molecule has 0 bridgehead atoms. The Bertz CT molecular complexity index is 872. The van der Waals surface area contributed by atoms with Crippen LogP contribution in [0.15, 0.2) is 66.0 Å². The summed E-state index contributed by atoms with van der Waals surface area (Å²) in [5.41, 5.74) is 5.54. The molecule has 4 nitrogen and oxygen atoms in total. The highest BCUT2D eigenvalue weighted by Crippen LogP contribution is 2.38. The van der Waals surface area contributed by atoms with Crippen LogP contribution in [0.3, 0.4) is 0 Å². The van der Waals surface area contributed by atoms with Crippen molar-refractivity contribution in [1.29, 1.82) is 0 Å². The van der Waals surface area contributed by atoms with Crippen LogP contribution >= 0.6 is 0 Å². The van der Waals surface area contributed by atoms with E-state index in [1.807, 2.05) is 49.1 Å². The average Bonchev–Trinajstić information content (AvgIpc) is 2.62. The largest absolute Gasteiger partial charge is 0.319 e. The molecule has 112 valence electrons. The van der Waals surface area contributed by atoms with Crippen LogP contribution in [0.1, 0.15) is 5.56 Å². The third-order valence-electron chi connectivity index (χ3n) is 4.04. The van der Waals surface area contributed by atoms with Crippen molar-refractivity contribution in [3.8, 4) is 11.1 Å². The lowest BCUT2D eigenvalue weighted by atomic mass is 10.0. The van der Waals surface area contributed by atoms with Crippen LogP contribution < -0.4 is 4.90 Å². The van der Waals surface area contributed by atoms with Crippen molar-refractivity contribution in [2.45, 2.75) is 6.92 Å². The van der Waals surface area contributed by atoms with Crippen LogP contribution in [-0.4, -0.2) is 22.7 Å². The van der Waals surface area contributed by atoms with Crippen LogP contribution in [0, 0.1) is 6.92 Å². The first-order valence-electron chi connectivity index (χ1n) is 7.59. The van der Waals surface area contributed by atoms with Crippen LogP contribution in [0.4, 0.5) is 17.2 Å². The molecule has 3 heterocycles. The van der Waals surface area contributed by atoms with Gasteiger partial charge in [-0.3, -0.25) is 9.98 Å². The summed E-state index contributed by atoms with van der Waals surface area (Å²) in [6, 6.07) is 14.3. The average molecular weight is 300 g/mol. The van der Waals surface area contributed by atoms with Gasteiger partial charge in [-0.15, -0.1) is 0 Å². The summed E-state index contributed by atoms with van der Waals surface area (Å²) in [4.78, 5) is 15.4. The van der Waals surface area contributed by atoms with Crippen molar-refractivity contribution >= 4 is 23.4 Å². The predicted octanol–water partition coefficient (Wildman–Crippen LogP) is 4.31. The lowest BCUT2D eigenvalue weighted by Crippen LogP contribution is -2.22. The first-order chi connectivity index (χ1) is 11.3. The first kappa shape index (κ1) is 13.6. The number of aromatic nitrogens is 2. The summed E-state index contributed by atoms with van der Waals surface area (Å²) in [6.45, 7) is 2.82. The van der Waals surface area contributed by atoms with Crippen LogP contribution in [0.25, 0.3) is 11.1 Å². The highest BCUT2D eigenvalue weighted by Gasteiger charge is 2.18. The SMILES string of the molecule is Cc1ccncc1-c1ccc2c(c1)N(c1ccccn1)CC=N2. The minimum atomic E-state index is 0.722. The number of aliphatic imine (C=N–C) groups is 1. The summed E-state index contributed by atoms with van der Waals surface area (Å²) in [7, 11) is 0. The van der Waals surface area contributed by atoms with Gasteiger partial charge in [-0.1, -0.05) is 12.1 Å². The molecule has 3 aromatic rings. The van der Waals surface area contributed by atoms with E-state index < -0.39 is 0 Å². The molecule has 0 radical (unpaired) electrons. The van der Waals surface area contributed by atoms with E-state index >= 15 is 0 Å². The number of aryl methyl sites for hydroxylation is 1. The third kappa shape index (κ3) is 2.48. The number of anilines is 2. The lowest BCUT2D eigenvalue weighted by molar-refractivity contribution is 1.06. The Morgan fingerprint density at radius 3 is 2.83 bits per heavy atom. The van der Waals surface area contributed by atoms with Gasteiger partial charge in [0, 0.05) is 30.4 Å². The molecule has 0 amide bonds. The smallest absolute Gasteiger partial charge is 0.133 e. The fourth-order valence-corrected chi connectivity index (χ4v) is 2.83. The first-order valence-corrected chi connectivity index (χ1v) is 7.59. The van der Waals surface area contributed by atoms with Gasteiger partial charge in [0.15, 0.2) is 0 Å². The molecule has 0 spiro atoms. The van der Waals surface area contributed by atoms with E-state index in [1.54, 1.807) is 0 Å². The summed E-state index contributed by atoms with van der Waals surface area (Å²) >= 11 is 0. The fraction of sp³-hybridized carbons (Fsp3) is 0.105. The van der Waals surface area contributed by atoms with Crippen molar-refractivity contribution in [1.82, 2.24) is 9.97 Å². The predicted molar refractivity (Wildman–Crippen MR) is 93.8 cm³/mol. The maximum Gasteiger partial charge on any atom is 0.133 e. The lowest BCUT2D eigenvalue weighted by Gasteiger charge is -2.27. The Morgan fingerprint density at radius 2 is 2.00 bits per heavy atom. The van der Waals surface area contributed by atoms with E-state index in [1.165, 1.54) is 5.56 Å². The number of nitrogens with zero attached hydrogens (tertiary/aromatic N) is 4. The maximum atomic E-state index is 4.52. The van der Waals surface area contributed by atoms with E-state index in [9.17, 15) is 0 Å². The second-order valence-corrected chi connectivity index (χ2v) is 5.50. The van der Waals surface area contributed by atoms with Gasteiger partial charge in [-0.25, -0.2) is 4.98 Å². The van der Waals surface area contributed by atoms with Gasteiger partial charge in [-0.05, 0) is 48.4 Å². The second kappa shape index (κ2) is 5.65. The Hall–Kier alpha value is -3.01. The highest BCUT2D eigenvalue weighted by atomic mass is 15.2. The molecule has 1 aliphatic heterocycles. The van der Waals surface area contributed by atoms with Crippen LogP contribution in [0.2, 0.25) is 0 Å². The molecule has 1 aromatic carbocycles. The van der Waals surface area contributed by atoms with E-state index in [-0.39, 0.29) is 0 Å². The van der Waals surface area contributed by atoms with Crippen molar-refractivity contribution in [2.75, 3.05) is 11.4 Å². The molecule has 1 aliphatic rings. The standard InChI is InChI=1S/C19H16N4/c1-14-7-9-20-13-16(14)15-5-6-17-18(12-15)23(11-10-21-17)19-4-2-3-8-22-19/h2-10,12-13H,11H2,1H3. The molecule has 0 atom stereocenters. The second-order valence-electron chi connectivity index (χ2n) is 5.50. The quantitative estimate of drug-likeness (QED) is 0.708. The summed E-state index contributed by atoms with van der Waals surface area (Å²) in [5.74, 6) is 0.931. The zero-order chi connectivity index (χ0) is 15.6. The van der Waals surface area contributed by atoms with E-state index in [0.717, 1.165) is 34.9 Å². The molecule has 0 aliphatic carbocycles. The minimum absolute atomic E-state index is 0.722. The van der Waals surface area contributed by atoms with Crippen molar-refractivity contribution in [3.05, 3.63) is 66.6 Å². The molecule has 4 rings (SSSR count). The van der Waals surface area contributed by atoms with Crippen molar-refractivity contribution in [2.24, 2.45) is 4.99 Å². The zero-order valence-corrected chi connectivity index (χ0v) is 12.8. The van der Waals surface area contributed by atoms with Gasteiger partial charge in [0.1, 0.15) is 5.82 Å². The molecular formula is C19H16N4. The number of benzene rings is 1.